The molecule has 3 aliphatic heterocycles. The molecule has 0 unspecified atom stereocenters. The van der Waals surface area contributed by atoms with Crippen molar-refractivity contribution in [3.8, 4) is 0 Å². The highest BCUT2D eigenvalue weighted by atomic mass is 16.7. The van der Waals surface area contributed by atoms with E-state index in [0.29, 0.717) is 0 Å². The first-order valence-electron chi connectivity index (χ1n) is 7.55. The SMILES string of the molecule is O=C1[C@@H]2[C@H](C(=O)N1c1ccc([N+](=O)[O-])cc1)[C@@]1([N+](=O)[O-])C=C[C@@]2(CO)O1. The minimum absolute atomic E-state index is 0.0611. The number of carbonyl (C=O) groups is 2. The van der Waals surface area contributed by atoms with Crippen molar-refractivity contribution in [2.75, 3.05) is 11.5 Å². The van der Waals surface area contributed by atoms with E-state index >= 15 is 0 Å². The molecule has 0 spiro atoms. The van der Waals surface area contributed by atoms with E-state index < -0.39 is 51.4 Å². The molecule has 0 saturated carbocycles. The molecule has 134 valence electrons. The van der Waals surface area contributed by atoms with Crippen LogP contribution in [-0.4, -0.2) is 44.7 Å². The monoisotopic (exact) mass is 361 g/mol. The molecule has 1 N–H and O–H groups in total. The van der Waals surface area contributed by atoms with Gasteiger partial charge in [-0.1, -0.05) is 0 Å². The number of nitrogens with zero attached hydrogens (tertiary/aromatic N) is 3. The maximum Gasteiger partial charge on any atom is 0.358 e. The topological polar surface area (TPSA) is 153 Å². The summed E-state index contributed by atoms with van der Waals surface area (Å²) in [6.07, 6.45) is 2.34. The second-order valence-electron chi connectivity index (χ2n) is 6.30. The van der Waals surface area contributed by atoms with E-state index in [2.05, 4.69) is 0 Å². The van der Waals surface area contributed by atoms with Crippen molar-refractivity contribution in [2.24, 2.45) is 11.8 Å². The Bertz CT molecular complexity index is 897. The van der Waals surface area contributed by atoms with Gasteiger partial charge in [-0.05, 0) is 18.2 Å². The molecule has 0 aromatic heterocycles. The van der Waals surface area contributed by atoms with Gasteiger partial charge in [0.1, 0.15) is 5.60 Å². The normalized spacial score (nSPS) is 34.4. The van der Waals surface area contributed by atoms with Gasteiger partial charge in [0, 0.05) is 18.2 Å². The van der Waals surface area contributed by atoms with Crippen LogP contribution in [0, 0.1) is 32.1 Å². The molecule has 26 heavy (non-hydrogen) atoms. The van der Waals surface area contributed by atoms with Crippen LogP contribution in [-0.2, 0) is 14.3 Å². The average molecular weight is 361 g/mol. The molecule has 2 fully saturated rings. The van der Waals surface area contributed by atoms with E-state index in [9.17, 15) is 34.9 Å². The number of anilines is 1. The summed E-state index contributed by atoms with van der Waals surface area (Å²) in [5.41, 5.74) is -4.02. The molecule has 2 bridgehead atoms. The third-order valence-corrected chi connectivity index (χ3v) is 5.09. The van der Waals surface area contributed by atoms with Crippen molar-refractivity contribution < 1.29 is 29.3 Å². The van der Waals surface area contributed by atoms with E-state index in [0.717, 1.165) is 23.1 Å². The van der Waals surface area contributed by atoms with Crippen LogP contribution in [0.25, 0.3) is 0 Å². The van der Waals surface area contributed by atoms with Gasteiger partial charge in [-0.25, -0.2) is 4.90 Å². The third-order valence-electron chi connectivity index (χ3n) is 5.09. The summed E-state index contributed by atoms with van der Waals surface area (Å²) in [5, 5.41) is 32.0. The molecule has 1 aromatic rings. The molecular weight excluding hydrogens is 350 g/mol. The Morgan fingerprint density at radius 1 is 1.08 bits per heavy atom. The summed E-state index contributed by atoms with van der Waals surface area (Å²) in [7, 11) is 0. The van der Waals surface area contributed by atoms with Crippen molar-refractivity contribution in [1.82, 2.24) is 0 Å². The third kappa shape index (κ3) is 1.73. The predicted molar refractivity (Wildman–Crippen MR) is 82.3 cm³/mol. The van der Waals surface area contributed by atoms with Crippen molar-refractivity contribution in [3.05, 3.63) is 56.6 Å². The zero-order valence-electron chi connectivity index (χ0n) is 13.0. The lowest BCUT2D eigenvalue weighted by atomic mass is 9.75. The van der Waals surface area contributed by atoms with Gasteiger partial charge in [0.15, 0.2) is 5.92 Å². The van der Waals surface area contributed by atoms with Gasteiger partial charge in [-0.2, -0.15) is 0 Å². The Morgan fingerprint density at radius 2 is 1.69 bits per heavy atom. The quantitative estimate of drug-likeness (QED) is 0.340. The van der Waals surface area contributed by atoms with Crippen LogP contribution in [0.4, 0.5) is 11.4 Å². The van der Waals surface area contributed by atoms with E-state index in [1.54, 1.807) is 0 Å². The van der Waals surface area contributed by atoms with Crippen LogP contribution < -0.4 is 4.90 Å². The molecule has 4 rings (SSSR count). The number of hydrogen-bond acceptors (Lipinski definition) is 8. The largest absolute Gasteiger partial charge is 0.393 e. The molecule has 1 aromatic carbocycles. The number of aliphatic hydroxyl groups is 1. The Balaban J connectivity index is 1.79. The maximum absolute atomic E-state index is 12.9. The van der Waals surface area contributed by atoms with Crippen molar-refractivity contribution >= 4 is 23.2 Å². The first-order chi connectivity index (χ1) is 12.3. The minimum atomic E-state index is -2.21. The molecular formula is C15H11N3O8. The zero-order valence-corrected chi connectivity index (χ0v) is 13.0. The Labute approximate surface area is 144 Å². The number of imide groups is 1. The molecule has 11 heteroatoms. The molecule has 3 aliphatic rings. The predicted octanol–water partition coefficient (Wildman–Crippen LogP) is 0.00450. The summed E-state index contributed by atoms with van der Waals surface area (Å²) in [4.78, 5) is 47.4. The summed E-state index contributed by atoms with van der Waals surface area (Å²) in [6, 6.07) is 4.68. The number of amides is 2. The summed E-state index contributed by atoms with van der Waals surface area (Å²) < 4.78 is 5.38. The number of hydrogen-bond donors (Lipinski definition) is 1. The fraction of sp³-hybridized carbons (Fsp3) is 0.333. The standard InChI is InChI=1S/C15H11N3O8/c19-7-14-5-6-15(26-14,18(24)25)11-10(14)12(20)16(13(11)21)8-1-3-9(4-2-8)17(22)23/h1-6,10-11,19H,7H2/t10-,11+,14-,15+/m0/s1. The van der Waals surface area contributed by atoms with Crippen molar-refractivity contribution in [3.63, 3.8) is 0 Å². The van der Waals surface area contributed by atoms with Gasteiger partial charge in [0.2, 0.25) is 11.8 Å². The highest BCUT2D eigenvalue weighted by Gasteiger charge is 2.79. The number of nitro benzene ring substituents is 1. The Morgan fingerprint density at radius 3 is 2.23 bits per heavy atom. The molecule has 2 amide bonds. The second-order valence-corrected chi connectivity index (χ2v) is 6.30. The maximum atomic E-state index is 12.9. The van der Waals surface area contributed by atoms with E-state index in [-0.39, 0.29) is 11.4 Å². The number of aliphatic hydroxyl groups excluding tert-OH is 1. The summed E-state index contributed by atoms with van der Waals surface area (Å²) >= 11 is 0. The van der Waals surface area contributed by atoms with Gasteiger partial charge in [0.25, 0.3) is 5.69 Å². The Hall–Kier alpha value is -3.18. The first kappa shape index (κ1) is 16.3. The minimum Gasteiger partial charge on any atom is -0.393 e. The van der Waals surface area contributed by atoms with E-state index in [1.165, 1.54) is 18.2 Å². The van der Waals surface area contributed by atoms with E-state index in [1.807, 2.05) is 0 Å². The summed E-state index contributed by atoms with van der Waals surface area (Å²) in [5.74, 6) is -4.26. The lowest BCUT2D eigenvalue weighted by Gasteiger charge is -2.25. The van der Waals surface area contributed by atoms with Crippen LogP contribution in [0.5, 0.6) is 0 Å². The van der Waals surface area contributed by atoms with Gasteiger partial charge in [-0.15, -0.1) is 0 Å². The van der Waals surface area contributed by atoms with Crippen LogP contribution >= 0.6 is 0 Å². The van der Waals surface area contributed by atoms with E-state index in [4.69, 9.17) is 4.74 Å². The average Bonchev–Trinajstić information content (AvgIpc) is 3.23. The number of rotatable bonds is 4. The number of fused-ring (bicyclic) bond motifs is 5. The van der Waals surface area contributed by atoms with Crippen LogP contribution in [0.2, 0.25) is 0 Å². The van der Waals surface area contributed by atoms with Crippen LogP contribution in [0.3, 0.4) is 0 Å². The zero-order chi connectivity index (χ0) is 18.9. The molecule has 11 nitrogen and oxygen atoms in total. The van der Waals surface area contributed by atoms with Gasteiger partial charge >= 0.3 is 5.72 Å². The number of ether oxygens (including phenoxy) is 1. The van der Waals surface area contributed by atoms with Crippen LogP contribution in [0.15, 0.2) is 36.4 Å². The van der Waals surface area contributed by atoms with Crippen LogP contribution in [0.1, 0.15) is 0 Å². The first-order valence-corrected chi connectivity index (χ1v) is 7.55. The van der Waals surface area contributed by atoms with Gasteiger partial charge in [-0.3, -0.25) is 34.6 Å². The smallest absolute Gasteiger partial charge is 0.358 e. The van der Waals surface area contributed by atoms with Gasteiger partial charge < -0.3 is 5.11 Å². The van der Waals surface area contributed by atoms with Crippen molar-refractivity contribution in [2.45, 2.75) is 11.3 Å². The molecule has 0 radical (unpaired) electrons. The lowest BCUT2D eigenvalue weighted by Crippen LogP contribution is -2.46. The highest BCUT2D eigenvalue weighted by molar-refractivity contribution is 6.23. The highest BCUT2D eigenvalue weighted by Crippen LogP contribution is 2.57. The number of nitro groups is 2. The fourth-order valence-electron chi connectivity index (χ4n) is 3.92. The summed E-state index contributed by atoms with van der Waals surface area (Å²) in [6.45, 7) is -0.701. The second kappa shape index (κ2) is 4.93. The van der Waals surface area contributed by atoms with Gasteiger partial charge in [0.05, 0.1) is 28.1 Å². The molecule has 2 saturated heterocycles. The molecule has 3 heterocycles. The number of carbonyl (C=O) groups excluding carboxylic acids is 2. The number of benzene rings is 1. The van der Waals surface area contributed by atoms with Crippen molar-refractivity contribution in [1.29, 1.82) is 0 Å². The molecule has 4 atom stereocenters. The fourth-order valence-corrected chi connectivity index (χ4v) is 3.92. The Kier molecular flexibility index (Phi) is 3.09. The lowest BCUT2D eigenvalue weighted by molar-refractivity contribution is -0.613. The molecule has 0 aliphatic carbocycles. The number of non-ortho nitro benzene ring substituents is 1.